The number of thioether (sulfide) groups is 2. The Hall–Kier alpha value is -4.22. The third-order valence-electron chi connectivity index (χ3n) is 6.83. The minimum absolute atomic E-state index is 0.473. The Morgan fingerprint density at radius 2 is 0.842 bits per heavy atom. The summed E-state index contributed by atoms with van der Waals surface area (Å²) in [7, 11) is 0. The van der Waals surface area contributed by atoms with Crippen LogP contribution in [0.25, 0.3) is 43.1 Å². The summed E-state index contributed by atoms with van der Waals surface area (Å²) < 4.78 is 0. The molecule has 0 aliphatic carbocycles. The van der Waals surface area contributed by atoms with E-state index in [1.54, 1.807) is 0 Å². The molecule has 0 aliphatic heterocycles. The third kappa shape index (κ3) is 4.73. The Balaban J connectivity index is 1.26. The van der Waals surface area contributed by atoms with Gasteiger partial charge in [-0.2, -0.15) is 10.5 Å². The van der Waals surface area contributed by atoms with E-state index in [1.165, 1.54) is 66.6 Å². The van der Waals surface area contributed by atoms with Crippen molar-refractivity contribution in [3.05, 3.63) is 130 Å². The van der Waals surface area contributed by atoms with Gasteiger partial charge in [-0.1, -0.05) is 84.9 Å². The molecule has 0 N–H and O–H groups in total. The molecule has 0 radical (unpaired) electrons. The van der Waals surface area contributed by atoms with Crippen LogP contribution >= 0.6 is 23.5 Å². The first-order valence-electron chi connectivity index (χ1n) is 12.3. The van der Waals surface area contributed by atoms with Gasteiger partial charge < -0.3 is 0 Å². The molecule has 180 valence electrons. The average Bonchev–Trinajstić information content (AvgIpc) is 2.96. The molecule has 6 rings (SSSR count). The van der Waals surface area contributed by atoms with Crippen molar-refractivity contribution in [3.8, 4) is 12.1 Å². The second kappa shape index (κ2) is 10.6. The maximum atomic E-state index is 9.95. The van der Waals surface area contributed by atoms with Crippen LogP contribution in [0.1, 0.15) is 11.1 Å². The first-order chi connectivity index (χ1) is 18.7. The number of rotatable bonds is 6. The summed E-state index contributed by atoms with van der Waals surface area (Å²) in [6.07, 6.45) is 0. The van der Waals surface area contributed by atoms with Crippen LogP contribution in [-0.4, -0.2) is 0 Å². The zero-order chi connectivity index (χ0) is 25.9. The number of nitriles is 2. The monoisotopic (exact) mass is 522 g/mol. The number of fused-ring (bicyclic) bond motifs is 4. The van der Waals surface area contributed by atoms with Crippen LogP contribution < -0.4 is 0 Å². The summed E-state index contributed by atoms with van der Waals surface area (Å²) in [5.41, 5.74) is 2.32. The molecule has 38 heavy (non-hydrogen) atoms. The predicted octanol–water partition coefficient (Wildman–Crippen LogP) is 9.72. The number of hydrogen-bond donors (Lipinski definition) is 0. The fraction of sp³-hybridized carbons (Fsp3) is 0.0588. The van der Waals surface area contributed by atoms with Crippen LogP contribution in [-0.2, 0) is 11.5 Å². The molecule has 2 nitrogen and oxygen atoms in total. The molecule has 0 spiro atoms. The molecule has 0 heterocycles. The maximum absolute atomic E-state index is 9.95. The summed E-state index contributed by atoms with van der Waals surface area (Å²) in [5, 5.41) is 29.5. The van der Waals surface area contributed by atoms with Crippen LogP contribution in [0.4, 0.5) is 0 Å². The number of benzene rings is 6. The molecule has 0 amide bonds. The van der Waals surface area contributed by atoms with E-state index in [0.29, 0.717) is 21.3 Å². The van der Waals surface area contributed by atoms with E-state index in [2.05, 4.69) is 121 Å². The summed E-state index contributed by atoms with van der Waals surface area (Å²) in [5.74, 6) is 1.26. The molecular weight excluding hydrogens is 501 g/mol. The van der Waals surface area contributed by atoms with Crippen LogP contribution in [0.5, 0.6) is 0 Å². The zero-order valence-corrected chi connectivity index (χ0v) is 22.2. The first-order valence-corrected chi connectivity index (χ1v) is 14.3. The summed E-state index contributed by atoms with van der Waals surface area (Å²) in [6.45, 7) is 0. The van der Waals surface area contributed by atoms with E-state index in [0.717, 1.165) is 11.1 Å². The molecule has 0 fully saturated rings. The molecule has 0 unspecified atom stereocenters. The number of hydrogen-bond acceptors (Lipinski definition) is 4. The molecular formula is C34H22N2S2. The van der Waals surface area contributed by atoms with Crippen molar-refractivity contribution in [1.29, 1.82) is 10.5 Å². The van der Waals surface area contributed by atoms with E-state index >= 15 is 0 Å². The minimum atomic E-state index is 0.473. The third-order valence-corrected chi connectivity index (χ3v) is 9.04. The van der Waals surface area contributed by atoms with Gasteiger partial charge in [-0.05, 0) is 78.5 Å². The normalized spacial score (nSPS) is 11.9. The Morgan fingerprint density at radius 3 is 1.24 bits per heavy atom. The van der Waals surface area contributed by atoms with Crippen molar-refractivity contribution in [2.75, 3.05) is 0 Å². The minimum Gasteiger partial charge on any atom is -0.192 e. The Bertz CT molecular complexity index is 1820. The Morgan fingerprint density at radius 1 is 0.474 bits per heavy atom. The molecule has 6 aromatic carbocycles. The van der Waals surface area contributed by atoms with Crippen molar-refractivity contribution in [3.63, 3.8) is 0 Å². The summed E-state index contributed by atoms with van der Waals surface area (Å²) >= 11 is 2.89. The van der Waals surface area contributed by atoms with Crippen LogP contribution in [0.15, 0.2) is 119 Å². The summed E-state index contributed by atoms with van der Waals surface area (Å²) in [6, 6.07) is 42.8. The molecule has 0 saturated heterocycles. The highest BCUT2D eigenvalue weighted by molar-refractivity contribution is 8.06. The molecule has 0 aromatic heterocycles. The Kier molecular flexibility index (Phi) is 6.76. The van der Waals surface area contributed by atoms with Gasteiger partial charge in [0.2, 0.25) is 0 Å². The highest BCUT2D eigenvalue weighted by Crippen LogP contribution is 2.35. The molecule has 4 heteroatoms. The van der Waals surface area contributed by atoms with Gasteiger partial charge in [-0.25, -0.2) is 0 Å². The van der Waals surface area contributed by atoms with Crippen molar-refractivity contribution in [1.82, 2.24) is 0 Å². The van der Waals surface area contributed by atoms with E-state index in [-0.39, 0.29) is 0 Å². The van der Waals surface area contributed by atoms with E-state index in [9.17, 15) is 10.5 Å². The van der Waals surface area contributed by atoms with Gasteiger partial charge in [-0.3, -0.25) is 0 Å². The predicted molar refractivity (Wildman–Crippen MR) is 164 cm³/mol. The van der Waals surface area contributed by atoms with Gasteiger partial charge in [0.1, 0.15) is 21.9 Å². The van der Waals surface area contributed by atoms with Gasteiger partial charge in [0.15, 0.2) is 0 Å². The molecule has 0 atom stereocenters. The fourth-order valence-corrected chi connectivity index (χ4v) is 6.85. The summed E-state index contributed by atoms with van der Waals surface area (Å²) in [4.78, 5) is 0.946. The zero-order valence-electron chi connectivity index (χ0n) is 20.5. The van der Waals surface area contributed by atoms with E-state index < -0.39 is 0 Å². The second-order valence-corrected chi connectivity index (χ2v) is 11.1. The second-order valence-electron chi connectivity index (χ2n) is 9.13. The number of allylic oxidation sites excluding steroid dienone is 2. The lowest BCUT2D eigenvalue weighted by Crippen LogP contribution is -1.89. The number of nitrogens with zero attached hydrogens (tertiary/aromatic N) is 2. The molecule has 0 bridgehead atoms. The largest absolute Gasteiger partial charge is 0.192 e. The maximum Gasteiger partial charge on any atom is 0.109 e. The lowest BCUT2D eigenvalue weighted by atomic mass is 10.0. The van der Waals surface area contributed by atoms with Crippen molar-refractivity contribution >= 4 is 66.6 Å². The van der Waals surface area contributed by atoms with Crippen molar-refractivity contribution in [2.24, 2.45) is 0 Å². The highest BCUT2D eigenvalue weighted by atomic mass is 32.2. The average molecular weight is 523 g/mol. The molecule has 0 aliphatic rings. The van der Waals surface area contributed by atoms with Gasteiger partial charge in [0, 0.05) is 11.5 Å². The van der Waals surface area contributed by atoms with E-state index in [1.807, 2.05) is 0 Å². The SMILES string of the molecule is N#C/C(SCc1cccc2cc3ccccc3cc12)=C(/C#N)SCc1cccc2cc3ccccc3cc12. The van der Waals surface area contributed by atoms with Crippen molar-refractivity contribution < 1.29 is 0 Å². The first kappa shape index (κ1) is 24.1. The van der Waals surface area contributed by atoms with E-state index in [4.69, 9.17) is 0 Å². The molecule has 0 saturated carbocycles. The van der Waals surface area contributed by atoms with Gasteiger partial charge in [0.05, 0.1) is 0 Å². The standard InChI is InChI=1S/C34H22N2S2/c35-19-33(37-21-29-13-5-11-27-15-23-7-1-3-9-25(23)17-31(27)29)34(20-36)38-22-30-14-6-12-28-16-24-8-2-4-10-26(24)18-32(28)30/h1-18H,21-22H2/b34-33+. The topological polar surface area (TPSA) is 47.6 Å². The van der Waals surface area contributed by atoms with Gasteiger partial charge >= 0.3 is 0 Å². The molecule has 6 aromatic rings. The Labute approximate surface area is 230 Å². The van der Waals surface area contributed by atoms with Gasteiger partial charge in [-0.15, -0.1) is 23.5 Å². The van der Waals surface area contributed by atoms with Crippen LogP contribution in [0.3, 0.4) is 0 Å². The lowest BCUT2D eigenvalue weighted by Gasteiger charge is -2.10. The van der Waals surface area contributed by atoms with Crippen LogP contribution in [0.2, 0.25) is 0 Å². The lowest BCUT2D eigenvalue weighted by molar-refractivity contribution is 1.45. The van der Waals surface area contributed by atoms with Gasteiger partial charge in [0.25, 0.3) is 0 Å². The smallest absolute Gasteiger partial charge is 0.109 e. The fourth-order valence-electron chi connectivity index (χ4n) is 4.91. The highest BCUT2D eigenvalue weighted by Gasteiger charge is 2.12. The van der Waals surface area contributed by atoms with Crippen molar-refractivity contribution in [2.45, 2.75) is 11.5 Å². The van der Waals surface area contributed by atoms with Crippen LogP contribution in [0, 0.1) is 22.7 Å². The quantitative estimate of drug-likeness (QED) is 0.161.